The van der Waals surface area contributed by atoms with Crippen LogP contribution in [0.5, 0.6) is 0 Å². The molecular weight excluding hydrogens is 347 g/mol. The molecule has 0 bridgehead atoms. The summed E-state index contributed by atoms with van der Waals surface area (Å²) in [5.41, 5.74) is 0. The third-order valence-corrected chi connectivity index (χ3v) is 5.96. The van der Waals surface area contributed by atoms with Crippen molar-refractivity contribution in [1.82, 2.24) is 0 Å². The second-order valence-electron chi connectivity index (χ2n) is 5.75. The Labute approximate surface area is 147 Å². The third-order valence-electron chi connectivity index (χ3n) is 4.62. The molecule has 5 rings (SSSR count). The number of hydrogen-bond donors (Lipinski definition) is 0. The molecule has 0 saturated carbocycles. The zero-order valence-electron chi connectivity index (χ0n) is 11.8. The Balaban J connectivity index is 2.32. The number of halogens is 3. The average Bonchev–Trinajstić information content (AvgIpc) is 2.59. The minimum atomic E-state index is 0.421. The largest absolute Gasteiger partial charge is 0.0820 e. The van der Waals surface area contributed by atoms with Crippen LogP contribution in [0.25, 0.3) is 43.1 Å². The van der Waals surface area contributed by atoms with Gasteiger partial charge in [0, 0.05) is 16.2 Å². The minimum Gasteiger partial charge on any atom is -0.0820 e. The summed E-state index contributed by atoms with van der Waals surface area (Å²) >= 11 is 19.5. The van der Waals surface area contributed by atoms with Crippen molar-refractivity contribution >= 4 is 77.9 Å². The molecule has 5 aromatic rings. The number of rotatable bonds is 0. The Morgan fingerprint density at radius 1 is 0.435 bits per heavy atom. The summed E-state index contributed by atoms with van der Waals surface area (Å²) in [5.74, 6) is 0. The average molecular weight is 356 g/mol. The molecule has 0 aromatic heterocycles. The lowest BCUT2D eigenvalue weighted by Crippen LogP contribution is -1.89. The molecule has 0 aliphatic carbocycles. The molecule has 0 saturated heterocycles. The molecule has 0 atom stereocenters. The molecule has 0 spiro atoms. The highest BCUT2D eigenvalue weighted by molar-refractivity contribution is 6.55. The third kappa shape index (κ3) is 1.64. The highest BCUT2D eigenvalue weighted by Crippen LogP contribution is 2.48. The Morgan fingerprint density at radius 3 is 1.74 bits per heavy atom. The van der Waals surface area contributed by atoms with Gasteiger partial charge in [0.15, 0.2) is 0 Å². The fourth-order valence-electron chi connectivity index (χ4n) is 3.69. The van der Waals surface area contributed by atoms with Crippen LogP contribution in [0.2, 0.25) is 15.1 Å². The van der Waals surface area contributed by atoms with Gasteiger partial charge in [0.05, 0.1) is 15.1 Å². The second kappa shape index (κ2) is 4.64. The first-order chi connectivity index (χ1) is 11.2. The van der Waals surface area contributed by atoms with E-state index in [1.165, 1.54) is 16.2 Å². The summed E-state index contributed by atoms with van der Waals surface area (Å²) in [7, 11) is 0. The number of benzene rings is 5. The molecule has 0 heterocycles. The molecule has 5 aromatic carbocycles. The number of hydrogen-bond acceptors (Lipinski definition) is 0. The molecule has 110 valence electrons. The quantitative estimate of drug-likeness (QED) is 0.152. The fraction of sp³-hybridized carbons (Fsp3) is 0. The van der Waals surface area contributed by atoms with Crippen molar-refractivity contribution in [2.75, 3.05) is 0 Å². The summed E-state index contributed by atoms with van der Waals surface area (Å²) < 4.78 is 0. The maximum absolute atomic E-state index is 6.62. The van der Waals surface area contributed by atoms with E-state index in [4.69, 9.17) is 34.8 Å². The molecule has 0 nitrogen and oxygen atoms in total. The van der Waals surface area contributed by atoms with Gasteiger partial charge in [0.2, 0.25) is 0 Å². The molecule has 0 aliphatic rings. The highest BCUT2D eigenvalue weighted by atomic mass is 35.5. The first-order valence-electron chi connectivity index (χ1n) is 7.30. The van der Waals surface area contributed by atoms with Gasteiger partial charge in [-0.1, -0.05) is 89.4 Å². The van der Waals surface area contributed by atoms with E-state index in [1.54, 1.807) is 0 Å². The van der Waals surface area contributed by atoms with Gasteiger partial charge < -0.3 is 0 Å². The van der Waals surface area contributed by atoms with Crippen molar-refractivity contribution in [2.45, 2.75) is 0 Å². The van der Waals surface area contributed by atoms with Gasteiger partial charge in [-0.05, 0) is 26.9 Å². The molecule has 3 heteroatoms. The summed E-state index contributed by atoms with van der Waals surface area (Å²) in [6, 6.07) is 18.8. The van der Waals surface area contributed by atoms with Crippen LogP contribution < -0.4 is 0 Å². The Kier molecular flexibility index (Phi) is 2.76. The SMILES string of the molecule is Clc1c(Cl)c2cccc3c4cccc5cccc(c(c1Cl)c23)c54. The predicted octanol–water partition coefficient (Wildman–Crippen LogP) is 7.70. The predicted molar refractivity (Wildman–Crippen MR) is 103 cm³/mol. The van der Waals surface area contributed by atoms with Crippen molar-refractivity contribution in [1.29, 1.82) is 0 Å². The van der Waals surface area contributed by atoms with E-state index in [-0.39, 0.29) is 0 Å². The van der Waals surface area contributed by atoms with Gasteiger partial charge in [-0.25, -0.2) is 0 Å². The topological polar surface area (TPSA) is 0 Å². The van der Waals surface area contributed by atoms with Gasteiger partial charge >= 0.3 is 0 Å². The zero-order valence-corrected chi connectivity index (χ0v) is 14.1. The summed E-state index contributed by atoms with van der Waals surface area (Å²) in [6.45, 7) is 0. The van der Waals surface area contributed by atoms with Gasteiger partial charge in [-0.3, -0.25) is 0 Å². The second-order valence-corrected chi connectivity index (χ2v) is 6.89. The van der Waals surface area contributed by atoms with Crippen molar-refractivity contribution in [2.24, 2.45) is 0 Å². The van der Waals surface area contributed by atoms with Gasteiger partial charge in [0.1, 0.15) is 0 Å². The lowest BCUT2D eigenvalue weighted by Gasteiger charge is -2.17. The van der Waals surface area contributed by atoms with Crippen LogP contribution in [0.4, 0.5) is 0 Å². The molecule has 0 amide bonds. The van der Waals surface area contributed by atoms with Crippen LogP contribution >= 0.6 is 34.8 Å². The van der Waals surface area contributed by atoms with Crippen LogP contribution in [-0.4, -0.2) is 0 Å². The van der Waals surface area contributed by atoms with E-state index in [9.17, 15) is 0 Å². The summed E-state index contributed by atoms with van der Waals surface area (Å²) in [5, 5.41) is 10.4. The van der Waals surface area contributed by atoms with E-state index < -0.39 is 0 Å². The lowest BCUT2D eigenvalue weighted by atomic mass is 9.90. The molecule has 0 unspecified atom stereocenters. The van der Waals surface area contributed by atoms with Crippen molar-refractivity contribution in [3.8, 4) is 0 Å². The minimum absolute atomic E-state index is 0.421. The maximum atomic E-state index is 6.62. The van der Waals surface area contributed by atoms with Gasteiger partial charge in [0.25, 0.3) is 0 Å². The Bertz CT molecular complexity index is 1230. The van der Waals surface area contributed by atoms with Crippen molar-refractivity contribution in [3.05, 3.63) is 69.7 Å². The van der Waals surface area contributed by atoms with Crippen molar-refractivity contribution < 1.29 is 0 Å². The molecule has 0 N–H and O–H groups in total. The van der Waals surface area contributed by atoms with E-state index in [0.717, 1.165) is 26.9 Å². The van der Waals surface area contributed by atoms with Crippen LogP contribution in [-0.2, 0) is 0 Å². The first-order valence-corrected chi connectivity index (χ1v) is 8.43. The van der Waals surface area contributed by atoms with Crippen LogP contribution in [0.1, 0.15) is 0 Å². The van der Waals surface area contributed by atoms with E-state index in [1.807, 2.05) is 12.1 Å². The molecule has 0 fully saturated rings. The smallest absolute Gasteiger partial charge is 0.0791 e. The monoisotopic (exact) mass is 354 g/mol. The Hall–Kier alpha value is -1.73. The first kappa shape index (κ1) is 13.7. The number of fused-ring (bicyclic) bond motifs is 2. The highest BCUT2D eigenvalue weighted by Gasteiger charge is 2.19. The van der Waals surface area contributed by atoms with Crippen LogP contribution in [0, 0.1) is 0 Å². The van der Waals surface area contributed by atoms with E-state index >= 15 is 0 Å². The van der Waals surface area contributed by atoms with E-state index in [0.29, 0.717) is 15.1 Å². The van der Waals surface area contributed by atoms with Gasteiger partial charge in [-0.15, -0.1) is 0 Å². The lowest BCUT2D eigenvalue weighted by molar-refractivity contribution is 1.78. The zero-order chi connectivity index (χ0) is 15.7. The molecule has 23 heavy (non-hydrogen) atoms. The maximum Gasteiger partial charge on any atom is 0.0791 e. The Morgan fingerprint density at radius 2 is 1.00 bits per heavy atom. The van der Waals surface area contributed by atoms with Crippen LogP contribution in [0.3, 0.4) is 0 Å². The fourth-order valence-corrected chi connectivity index (χ4v) is 4.48. The normalized spacial score (nSPS) is 12.1. The van der Waals surface area contributed by atoms with Crippen LogP contribution in [0.15, 0.2) is 54.6 Å². The molecule has 0 aliphatic heterocycles. The van der Waals surface area contributed by atoms with Crippen molar-refractivity contribution in [3.63, 3.8) is 0 Å². The summed E-state index contributed by atoms with van der Waals surface area (Å²) in [6.07, 6.45) is 0. The molecule has 0 radical (unpaired) electrons. The van der Waals surface area contributed by atoms with Gasteiger partial charge in [-0.2, -0.15) is 0 Å². The molecular formula is C20H9Cl3. The van der Waals surface area contributed by atoms with E-state index in [2.05, 4.69) is 42.5 Å². The summed E-state index contributed by atoms with van der Waals surface area (Å²) in [4.78, 5) is 0. The standard InChI is InChI=1S/C20H9Cl3/c21-18-14-9-3-7-12-11-6-1-4-10-5-2-8-13(15(10)11)17(16(12)14)19(22)20(18)23/h1-9H.